The first-order chi connectivity index (χ1) is 21.0. The Labute approximate surface area is 254 Å². The van der Waals surface area contributed by atoms with Gasteiger partial charge in [0.1, 0.15) is 12.1 Å². The van der Waals surface area contributed by atoms with E-state index in [1.807, 2.05) is 39.0 Å². The maximum absolute atomic E-state index is 12.7. The summed E-state index contributed by atoms with van der Waals surface area (Å²) in [6, 6.07) is 17.5. The highest BCUT2D eigenvalue weighted by Gasteiger charge is 2.33. The number of aliphatic imine (C=N–C) groups is 1. The Balaban J connectivity index is 1.21. The van der Waals surface area contributed by atoms with Crippen LogP contribution in [-0.2, 0) is 4.79 Å². The number of halogens is 3. The predicted molar refractivity (Wildman–Crippen MR) is 162 cm³/mol. The SMILES string of the molecule is Cc1ccc(C(C)C)c(N2C(=O)CS/C2=N\C(=O)N/N=C/c2ccc(-c3ncn(-c4ccc(OC(F)(F)F)cc4)n3)cc2)c1. The maximum atomic E-state index is 12.7. The first-order valence-corrected chi connectivity index (χ1v) is 14.3. The average Bonchev–Trinajstić information content (AvgIpc) is 3.60. The molecule has 1 N–H and O–H groups in total. The number of thioether (sulfide) groups is 1. The van der Waals surface area contributed by atoms with Gasteiger partial charge in [-0.3, -0.25) is 9.69 Å². The number of ether oxygens (including phenoxy) is 1. The molecule has 0 radical (unpaired) electrons. The van der Waals surface area contributed by atoms with Crippen molar-refractivity contribution in [2.75, 3.05) is 10.7 Å². The number of benzene rings is 3. The molecular weight excluding hydrogens is 595 g/mol. The number of nitrogens with one attached hydrogen (secondary N) is 1. The molecule has 4 aromatic rings. The van der Waals surface area contributed by atoms with Crippen LogP contribution in [0, 0.1) is 6.92 Å². The Morgan fingerprint density at radius 3 is 2.50 bits per heavy atom. The summed E-state index contributed by atoms with van der Waals surface area (Å²) < 4.78 is 42.5. The quantitative estimate of drug-likeness (QED) is 0.188. The molecule has 226 valence electrons. The Morgan fingerprint density at radius 2 is 1.82 bits per heavy atom. The zero-order chi connectivity index (χ0) is 31.4. The lowest BCUT2D eigenvalue weighted by Gasteiger charge is -2.22. The van der Waals surface area contributed by atoms with Gasteiger partial charge in [-0.05, 0) is 59.9 Å². The Morgan fingerprint density at radius 1 is 1.09 bits per heavy atom. The lowest BCUT2D eigenvalue weighted by molar-refractivity contribution is -0.274. The van der Waals surface area contributed by atoms with E-state index in [9.17, 15) is 22.8 Å². The van der Waals surface area contributed by atoms with Gasteiger partial charge in [0, 0.05) is 5.56 Å². The molecule has 10 nitrogen and oxygen atoms in total. The molecule has 3 aromatic carbocycles. The average molecular weight is 622 g/mol. The number of urea groups is 1. The van der Waals surface area contributed by atoms with Crippen LogP contribution in [0.15, 0.2) is 83.2 Å². The van der Waals surface area contributed by atoms with Gasteiger partial charge in [0.25, 0.3) is 0 Å². The third-order valence-electron chi connectivity index (χ3n) is 6.38. The standard InChI is InChI=1S/C30H26F3N7O3S/c1-18(2)24-13-4-19(3)14-25(24)40-26(41)16-44-29(40)36-28(42)37-35-15-20-5-7-21(8-6-20)27-34-17-39(38-27)22-9-11-23(12-10-22)43-30(31,32)33/h4-15,17-18H,16H2,1-3H3,(H,37,42)/b35-15+,36-29-. The van der Waals surface area contributed by atoms with Crippen LogP contribution in [0.25, 0.3) is 17.1 Å². The molecule has 1 aliphatic rings. The number of hydrogen-bond donors (Lipinski definition) is 1. The van der Waals surface area contributed by atoms with E-state index in [-0.39, 0.29) is 28.5 Å². The van der Waals surface area contributed by atoms with Gasteiger partial charge in [-0.15, -0.1) is 18.3 Å². The molecule has 3 amide bonds. The number of carbonyl (C=O) groups is 2. The number of hydrazone groups is 1. The number of aromatic nitrogens is 3. The molecular formula is C30H26F3N7O3S. The van der Waals surface area contributed by atoms with E-state index < -0.39 is 12.4 Å². The molecule has 1 aliphatic heterocycles. The molecule has 2 heterocycles. The smallest absolute Gasteiger partial charge is 0.406 e. The fourth-order valence-corrected chi connectivity index (χ4v) is 5.19. The summed E-state index contributed by atoms with van der Waals surface area (Å²) in [4.78, 5) is 35.1. The van der Waals surface area contributed by atoms with E-state index in [1.54, 1.807) is 24.3 Å². The number of amides is 3. The van der Waals surface area contributed by atoms with Crippen LogP contribution in [-0.4, -0.2) is 50.2 Å². The number of aryl methyl sites for hydroxylation is 1. The molecule has 1 fully saturated rings. The Hall–Kier alpha value is -4.98. The van der Waals surface area contributed by atoms with Crippen molar-refractivity contribution in [3.05, 3.63) is 89.7 Å². The molecule has 5 rings (SSSR count). The lowest BCUT2D eigenvalue weighted by atomic mass is 9.99. The molecule has 0 saturated carbocycles. The summed E-state index contributed by atoms with van der Waals surface area (Å²) >= 11 is 1.19. The number of nitrogens with zero attached hydrogens (tertiary/aromatic N) is 6. The van der Waals surface area contributed by atoms with E-state index in [2.05, 4.69) is 30.3 Å². The largest absolute Gasteiger partial charge is 0.573 e. The van der Waals surface area contributed by atoms with Gasteiger partial charge in [0.05, 0.1) is 23.3 Å². The van der Waals surface area contributed by atoms with Crippen LogP contribution in [0.5, 0.6) is 5.75 Å². The Kier molecular flexibility index (Phi) is 8.81. The number of alkyl halides is 3. The van der Waals surface area contributed by atoms with Crippen molar-refractivity contribution in [3.63, 3.8) is 0 Å². The number of hydrogen-bond acceptors (Lipinski definition) is 7. The van der Waals surface area contributed by atoms with Crippen molar-refractivity contribution < 1.29 is 27.5 Å². The minimum Gasteiger partial charge on any atom is -0.406 e. The molecule has 44 heavy (non-hydrogen) atoms. The first-order valence-electron chi connectivity index (χ1n) is 13.3. The van der Waals surface area contributed by atoms with E-state index in [0.29, 0.717) is 22.6 Å². The number of amidine groups is 1. The van der Waals surface area contributed by atoms with Crippen molar-refractivity contribution in [2.45, 2.75) is 33.1 Å². The lowest BCUT2D eigenvalue weighted by Crippen LogP contribution is -2.31. The van der Waals surface area contributed by atoms with Crippen LogP contribution < -0.4 is 15.1 Å². The first kappa shape index (κ1) is 30.5. The number of anilines is 1. The van der Waals surface area contributed by atoms with Crippen molar-refractivity contribution >= 4 is 40.8 Å². The summed E-state index contributed by atoms with van der Waals surface area (Å²) in [6.07, 6.45) is -1.88. The van der Waals surface area contributed by atoms with Gasteiger partial charge in [-0.25, -0.2) is 19.9 Å². The van der Waals surface area contributed by atoms with Crippen LogP contribution in [0.1, 0.15) is 36.5 Å². The van der Waals surface area contributed by atoms with Gasteiger partial charge in [0.15, 0.2) is 11.0 Å². The van der Waals surface area contributed by atoms with Gasteiger partial charge in [0.2, 0.25) is 5.91 Å². The second-order valence-electron chi connectivity index (χ2n) is 9.98. The summed E-state index contributed by atoms with van der Waals surface area (Å²) in [5, 5.41) is 8.64. The zero-order valence-electron chi connectivity index (χ0n) is 23.7. The minimum atomic E-state index is -4.77. The predicted octanol–water partition coefficient (Wildman–Crippen LogP) is 6.44. The number of carbonyl (C=O) groups excluding carboxylic acids is 2. The fourth-order valence-electron chi connectivity index (χ4n) is 4.33. The molecule has 1 saturated heterocycles. The molecule has 0 spiro atoms. The minimum absolute atomic E-state index is 0.148. The van der Waals surface area contributed by atoms with E-state index in [0.717, 1.165) is 16.8 Å². The van der Waals surface area contributed by atoms with Gasteiger partial charge in [-0.2, -0.15) is 10.1 Å². The third-order valence-corrected chi connectivity index (χ3v) is 7.30. The van der Waals surface area contributed by atoms with Crippen molar-refractivity contribution in [2.24, 2.45) is 10.1 Å². The van der Waals surface area contributed by atoms with E-state index in [1.165, 1.54) is 58.2 Å². The van der Waals surface area contributed by atoms with Crippen molar-refractivity contribution in [3.8, 4) is 22.8 Å². The van der Waals surface area contributed by atoms with Gasteiger partial charge < -0.3 is 4.74 Å². The summed E-state index contributed by atoms with van der Waals surface area (Å²) in [5.74, 6) is 0.272. The molecule has 0 aliphatic carbocycles. The van der Waals surface area contributed by atoms with Crippen LogP contribution in [0.4, 0.5) is 23.7 Å². The second kappa shape index (κ2) is 12.7. The maximum Gasteiger partial charge on any atom is 0.573 e. The summed E-state index contributed by atoms with van der Waals surface area (Å²) in [7, 11) is 0. The van der Waals surface area contributed by atoms with E-state index in [4.69, 9.17) is 0 Å². The van der Waals surface area contributed by atoms with Crippen LogP contribution >= 0.6 is 11.8 Å². The third kappa shape index (κ3) is 7.32. The normalized spacial score (nSPS) is 14.7. The number of rotatable bonds is 7. The van der Waals surface area contributed by atoms with Crippen LogP contribution in [0.2, 0.25) is 0 Å². The molecule has 0 atom stereocenters. The zero-order valence-corrected chi connectivity index (χ0v) is 24.6. The molecule has 0 unspecified atom stereocenters. The fraction of sp³-hybridized carbons (Fsp3) is 0.200. The van der Waals surface area contributed by atoms with E-state index >= 15 is 0 Å². The summed E-state index contributed by atoms with van der Waals surface area (Å²) in [6.45, 7) is 6.02. The highest BCUT2D eigenvalue weighted by molar-refractivity contribution is 8.15. The Bertz CT molecular complexity index is 1730. The van der Waals surface area contributed by atoms with Gasteiger partial charge >= 0.3 is 12.4 Å². The second-order valence-corrected chi connectivity index (χ2v) is 10.9. The molecule has 1 aromatic heterocycles. The highest BCUT2D eigenvalue weighted by atomic mass is 32.2. The summed E-state index contributed by atoms with van der Waals surface area (Å²) in [5.41, 5.74) is 6.93. The molecule has 14 heteroatoms. The topological polar surface area (TPSA) is 114 Å². The van der Waals surface area contributed by atoms with Crippen molar-refractivity contribution in [1.82, 2.24) is 20.2 Å². The highest BCUT2D eigenvalue weighted by Crippen LogP contribution is 2.34. The monoisotopic (exact) mass is 621 g/mol. The molecule has 0 bridgehead atoms. The van der Waals surface area contributed by atoms with Crippen LogP contribution in [0.3, 0.4) is 0 Å². The van der Waals surface area contributed by atoms with Crippen molar-refractivity contribution in [1.29, 1.82) is 0 Å². The van der Waals surface area contributed by atoms with Gasteiger partial charge in [-0.1, -0.05) is 62.0 Å².